The van der Waals surface area contributed by atoms with Crippen molar-refractivity contribution in [3.05, 3.63) is 71.1 Å². The Bertz CT molecular complexity index is 1090. The fraction of sp³-hybridized carbons (Fsp3) is 0. The summed E-state index contributed by atoms with van der Waals surface area (Å²) in [7, 11) is 0. The van der Waals surface area contributed by atoms with E-state index in [2.05, 4.69) is 15.3 Å². The van der Waals surface area contributed by atoms with Crippen molar-refractivity contribution in [1.29, 1.82) is 0 Å². The molecule has 0 unspecified atom stereocenters. The summed E-state index contributed by atoms with van der Waals surface area (Å²) in [5.41, 5.74) is 0.387. The Labute approximate surface area is 146 Å². The maximum absolute atomic E-state index is 13.8. The number of nitrogens with one attached hydrogen (secondary N) is 1. The van der Waals surface area contributed by atoms with Gasteiger partial charge in [0, 0.05) is 0 Å². The molecule has 3 heterocycles. The van der Waals surface area contributed by atoms with Gasteiger partial charge in [0.25, 0.3) is 0 Å². The van der Waals surface area contributed by atoms with Gasteiger partial charge in [-0.2, -0.15) is 9.78 Å². The minimum absolute atomic E-state index is 0.309. The van der Waals surface area contributed by atoms with Gasteiger partial charge in [0.1, 0.15) is 17.3 Å². The fourth-order valence-electron chi connectivity index (χ4n) is 2.31. The van der Waals surface area contributed by atoms with Crippen molar-refractivity contribution in [1.82, 2.24) is 14.9 Å². The van der Waals surface area contributed by atoms with Crippen molar-refractivity contribution in [3.63, 3.8) is 0 Å². The highest BCUT2D eigenvalue weighted by Crippen LogP contribution is 2.24. The Morgan fingerprint density at radius 2 is 2.00 bits per heavy atom. The lowest BCUT2D eigenvalue weighted by Gasteiger charge is -1.98. The van der Waals surface area contributed by atoms with E-state index in [0.29, 0.717) is 33.4 Å². The molecule has 0 bridgehead atoms. The number of benzene rings is 1. The van der Waals surface area contributed by atoms with Gasteiger partial charge in [0.05, 0.1) is 18.0 Å². The number of H-pyrrole nitrogens is 1. The van der Waals surface area contributed by atoms with Crippen LogP contribution in [0.15, 0.2) is 68.7 Å². The molecule has 8 heteroatoms. The number of halogens is 1. The van der Waals surface area contributed by atoms with E-state index in [0.717, 1.165) is 0 Å². The second-order valence-electron chi connectivity index (χ2n) is 5.07. The van der Waals surface area contributed by atoms with Gasteiger partial charge >= 0.3 is 0 Å². The molecular weight excluding hydrogens is 343 g/mol. The molecule has 6 nitrogen and oxygen atoms in total. The summed E-state index contributed by atoms with van der Waals surface area (Å²) in [5.74, 6) is 1.48. The molecule has 0 spiro atoms. The molecule has 124 valence electrons. The van der Waals surface area contributed by atoms with Crippen LogP contribution in [0, 0.1) is 10.6 Å². The van der Waals surface area contributed by atoms with Crippen molar-refractivity contribution < 1.29 is 13.2 Å². The Balaban J connectivity index is 1.65. The number of hydrogen-bond acceptors (Lipinski definition) is 5. The van der Waals surface area contributed by atoms with Crippen LogP contribution < -0.4 is 0 Å². The van der Waals surface area contributed by atoms with E-state index in [1.165, 1.54) is 23.2 Å². The maximum Gasteiger partial charge on any atom is 0.219 e. The van der Waals surface area contributed by atoms with Crippen molar-refractivity contribution >= 4 is 18.4 Å². The molecule has 0 radical (unpaired) electrons. The molecule has 4 aromatic rings. The van der Waals surface area contributed by atoms with Gasteiger partial charge < -0.3 is 8.83 Å². The van der Waals surface area contributed by atoms with E-state index in [-0.39, 0.29) is 5.82 Å². The summed E-state index contributed by atoms with van der Waals surface area (Å²) in [4.78, 5) is 0. The molecule has 0 amide bonds. The zero-order valence-electron chi connectivity index (χ0n) is 12.7. The number of nitrogens with zero attached hydrogens (tertiary/aromatic N) is 3. The summed E-state index contributed by atoms with van der Waals surface area (Å²) in [5, 5.41) is 11.0. The highest BCUT2D eigenvalue weighted by atomic mass is 32.1. The third kappa shape index (κ3) is 2.94. The Morgan fingerprint density at radius 3 is 2.80 bits per heavy atom. The first-order chi connectivity index (χ1) is 12.2. The van der Waals surface area contributed by atoms with Gasteiger partial charge in [-0.15, -0.1) is 5.10 Å². The third-order valence-corrected chi connectivity index (χ3v) is 3.72. The molecule has 4 rings (SSSR count). The molecule has 0 saturated carbocycles. The first-order valence-electron chi connectivity index (χ1n) is 7.33. The average molecular weight is 354 g/mol. The molecule has 0 aliphatic heterocycles. The number of aromatic amines is 1. The first kappa shape index (κ1) is 15.3. The van der Waals surface area contributed by atoms with E-state index < -0.39 is 0 Å². The lowest BCUT2D eigenvalue weighted by Crippen LogP contribution is -1.93. The normalized spacial score (nSPS) is 11.4. The molecule has 0 aliphatic rings. The molecule has 1 aromatic carbocycles. The number of furan rings is 2. The monoisotopic (exact) mass is 354 g/mol. The SMILES string of the molecule is Fc1ccccc1-c1ccc(/C=N\n2c(-c3ccco3)n[nH]c2=S)o1. The molecule has 0 fully saturated rings. The third-order valence-electron chi connectivity index (χ3n) is 3.46. The Morgan fingerprint density at radius 1 is 1.12 bits per heavy atom. The second kappa shape index (κ2) is 6.33. The smallest absolute Gasteiger partial charge is 0.219 e. The zero-order chi connectivity index (χ0) is 17.2. The van der Waals surface area contributed by atoms with Gasteiger partial charge in [0.2, 0.25) is 10.6 Å². The van der Waals surface area contributed by atoms with Gasteiger partial charge in [0.15, 0.2) is 5.76 Å². The fourth-order valence-corrected chi connectivity index (χ4v) is 2.49. The van der Waals surface area contributed by atoms with Gasteiger partial charge in [-0.05, 0) is 48.6 Å². The predicted octanol–water partition coefficient (Wildman–Crippen LogP) is 4.48. The van der Waals surface area contributed by atoms with E-state index in [1.807, 2.05) is 0 Å². The maximum atomic E-state index is 13.8. The average Bonchev–Trinajstić information content (AvgIpc) is 3.34. The lowest BCUT2D eigenvalue weighted by molar-refractivity contribution is 0.562. The summed E-state index contributed by atoms with van der Waals surface area (Å²) in [6, 6.07) is 13.3. The van der Waals surface area contributed by atoms with Gasteiger partial charge in [-0.1, -0.05) is 12.1 Å². The quantitative estimate of drug-likeness (QED) is 0.433. The van der Waals surface area contributed by atoms with Crippen molar-refractivity contribution in [3.8, 4) is 22.9 Å². The minimum Gasteiger partial charge on any atom is -0.461 e. The Hall–Kier alpha value is -3.26. The van der Waals surface area contributed by atoms with Crippen LogP contribution >= 0.6 is 12.2 Å². The van der Waals surface area contributed by atoms with Crippen LogP contribution in [0.2, 0.25) is 0 Å². The topological polar surface area (TPSA) is 72.2 Å². The molecule has 0 saturated heterocycles. The van der Waals surface area contributed by atoms with Crippen LogP contribution in [0.25, 0.3) is 22.9 Å². The minimum atomic E-state index is -0.350. The number of rotatable bonds is 4. The zero-order valence-corrected chi connectivity index (χ0v) is 13.5. The van der Waals surface area contributed by atoms with Crippen LogP contribution in [0.3, 0.4) is 0 Å². The van der Waals surface area contributed by atoms with E-state index in [1.54, 1.807) is 42.5 Å². The highest BCUT2D eigenvalue weighted by Gasteiger charge is 2.11. The standard InChI is InChI=1S/C17H11FN4O2S/c18-13-5-2-1-4-12(13)14-8-7-11(24-14)10-19-22-16(20-21-17(22)25)15-6-3-9-23-15/h1-10H,(H,21,25)/b19-10-. The summed E-state index contributed by atoms with van der Waals surface area (Å²) in [6.07, 6.45) is 3.01. The number of aromatic nitrogens is 3. The van der Waals surface area contributed by atoms with Crippen LogP contribution in [0.1, 0.15) is 5.76 Å². The second-order valence-corrected chi connectivity index (χ2v) is 5.45. The summed E-state index contributed by atoms with van der Waals surface area (Å²) >= 11 is 5.17. The molecule has 0 aliphatic carbocycles. The van der Waals surface area contributed by atoms with Gasteiger partial charge in [-0.3, -0.25) is 0 Å². The van der Waals surface area contributed by atoms with Crippen molar-refractivity contribution in [2.75, 3.05) is 0 Å². The van der Waals surface area contributed by atoms with Crippen molar-refractivity contribution in [2.24, 2.45) is 5.10 Å². The van der Waals surface area contributed by atoms with E-state index in [9.17, 15) is 4.39 Å². The largest absolute Gasteiger partial charge is 0.461 e. The van der Waals surface area contributed by atoms with Crippen LogP contribution in [0.5, 0.6) is 0 Å². The highest BCUT2D eigenvalue weighted by molar-refractivity contribution is 7.71. The molecule has 25 heavy (non-hydrogen) atoms. The van der Waals surface area contributed by atoms with E-state index in [4.69, 9.17) is 21.1 Å². The molecule has 3 aromatic heterocycles. The number of hydrogen-bond donors (Lipinski definition) is 1. The van der Waals surface area contributed by atoms with Crippen LogP contribution in [-0.4, -0.2) is 21.1 Å². The summed E-state index contributed by atoms with van der Waals surface area (Å²) in [6.45, 7) is 0. The van der Waals surface area contributed by atoms with E-state index >= 15 is 0 Å². The lowest BCUT2D eigenvalue weighted by atomic mass is 10.1. The van der Waals surface area contributed by atoms with Gasteiger partial charge in [-0.25, -0.2) is 9.49 Å². The van der Waals surface area contributed by atoms with Crippen LogP contribution in [-0.2, 0) is 0 Å². The first-order valence-corrected chi connectivity index (χ1v) is 7.73. The summed E-state index contributed by atoms with van der Waals surface area (Å²) < 4.78 is 26.5. The molecule has 0 atom stereocenters. The van der Waals surface area contributed by atoms with Crippen molar-refractivity contribution in [2.45, 2.75) is 0 Å². The van der Waals surface area contributed by atoms with Crippen LogP contribution in [0.4, 0.5) is 4.39 Å². The molecular formula is C17H11FN4O2S. The Kier molecular flexibility index (Phi) is 3.87. The molecule has 1 N–H and O–H groups in total. The predicted molar refractivity (Wildman–Crippen MR) is 92.2 cm³/mol.